The number of nitrogens with one attached hydrogen (secondary N) is 2. The van der Waals surface area contributed by atoms with Gasteiger partial charge in [-0.25, -0.2) is 0 Å². The molecule has 138 valence electrons. The molecular formula is C21H26N2O3. The molecule has 0 saturated heterocycles. The SMILES string of the molecule is CCOc1ccccc1CCC(=O)NCCC(=O)NCc1ccccc1. The van der Waals surface area contributed by atoms with Crippen molar-refractivity contribution in [3.05, 3.63) is 65.7 Å². The quantitative estimate of drug-likeness (QED) is 0.689. The van der Waals surface area contributed by atoms with Gasteiger partial charge >= 0.3 is 0 Å². The van der Waals surface area contributed by atoms with Crippen LogP contribution in [0.2, 0.25) is 0 Å². The molecule has 0 fully saturated rings. The highest BCUT2D eigenvalue weighted by Gasteiger charge is 2.07. The minimum atomic E-state index is -0.0733. The van der Waals surface area contributed by atoms with E-state index in [-0.39, 0.29) is 18.2 Å². The number of ether oxygens (including phenoxy) is 1. The predicted octanol–water partition coefficient (Wildman–Crippen LogP) is 2.84. The van der Waals surface area contributed by atoms with Gasteiger partial charge in [-0.1, -0.05) is 48.5 Å². The van der Waals surface area contributed by atoms with Crippen LogP contribution in [-0.4, -0.2) is 25.0 Å². The Morgan fingerprint density at radius 2 is 1.58 bits per heavy atom. The Bertz CT molecular complexity index is 701. The van der Waals surface area contributed by atoms with Crippen LogP contribution < -0.4 is 15.4 Å². The summed E-state index contributed by atoms with van der Waals surface area (Å²) in [6.07, 6.45) is 1.26. The second-order valence-electron chi connectivity index (χ2n) is 5.90. The van der Waals surface area contributed by atoms with Crippen LogP contribution in [0, 0.1) is 0 Å². The number of para-hydroxylation sites is 1. The lowest BCUT2D eigenvalue weighted by molar-refractivity contribution is -0.122. The molecule has 0 spiro atoms. The van der Waals surface area contributed by atoms with Gasteiger partial charge in [-0.05, 0) is 30.5 Å². The number of carbonyl (C=O) groups is 2. The van der Waals surface area contributed by atoms with Crippen molar-refractivity contribution in [1.29, 1.82) is 0 Å². The fourth-order valence-corrected chi connectivity index (χ4v) is 2.54. The first kappa shape index (κ1) is 19.5. The van der Waals surface area contributed by atoms with Crippen molar-refractivity contribution >= 4 is 11.8 Å². The van der Waals surface area contributed by atoms with Gasteiger partial charge in [0.2, 0.25) is 11.8 Å². The van der Waals surface area contributed by atoms with Crippen molar-refractivity contribution in [2.75, 3.05) is 13.2 Å². The zero-order valence-electron chi connectivity index (χ0n) is 15.2. The predicted molar refractivity (Wildman–Crippen MR) is 102 cm³/mol. The molecule has 5 heteroatoms. The summed E-state index contributed by atoms with van der Waals surface area (Å²) in [6.45, 7) is 3.38. The molecule has 26 heavy (non-hydrogen) atoms. The number of benzene rings is 2. The highest BCUT2D eigenvalue weighted by Crippen LogP contribution is 2.19. The van der Waals surface area contributed by atoms with E-state index in [1.807, 2.05) is 61.5 Å². The molecule has 0 atom stereocenters. The molecular weight excluding hydrogens is 328 g/mol. The maximum absolute atomic E-state index is 12.0. The van der Waals surface area contributed by atoms with Gasteiger partial charge in [-0.2, -0.15) is 0 Å². The van der Waals surface area contributed by atoms with E-state index in [4.69, 9.17) is 4.74 Å². The van der Waals surface area contributed by atoms with E-state index in [1.165, 1.54) is 0 Å². The summed E-state index contributed by atoms with van der Waals surface area (Å²) in [5.74, 6) is 0.686. The van der Waals surface area contributed by atoms with Gasteiger partial charge in [0.1, 0.15) is 5.75 Å². The van der Waals surface area contributed by atoms with Crippen LogP contribution >= 0.6 is 0 Å². The Hall–Kier alpha value is -2.82. The molecule has 0 heterocycles. The normalized spacial score (nSPS) is 10.2. The summed E-state index contributed by atoms with van der Waals surface area (Å²) in [7, 11) is 0. The van der Waals surface area contributed by atoms with Crippen molar-refractivity contribution in [2.24, 2.45) is 0 Å². The lowest BCUT2D eigenvalue weighted by Crippen LogP contribution is -2.30. The van der Waals surface area contributed by atoms with E-state index >= 15 is 0 Å². The van der Waals surface area contributed by atoms with Crippen molar-refractivity contribution in [1.82, 2.24) is 10.6 Å². The Labute approximate surface area is 154 Å². The molecule has 2 rings (SSSR count). The van der Waals surface area contributed by atoms with Gasteiger partial charge in [0.15, 0.2) is 0 Å². The van der Waals surface area contributed by atoms with E-state index in [1.54, 1.807) is 0 Å². The van der Waals surface area contributed by atoms with Crippen LogP contribution in [0.5, 0.6) is 5.75 Å². The van der Waals surface area contributed by atoms with Crippen molar-refractivity contribution in [3.63, 3.8) is 0 Å². The largest absolute Gasteiger partial charge is 0.494 e. The molecule has 0 unspecified atom stereocenters. The third kappa shape index (κ3) is 6.97. The van der Waals surface area contributed by atoms with Crippen molar-refractivity contribution < 1.29 is 14.3 Å². The van der Waals surface area contributed by atoms with E-state index < -0.39 is 0 Å². The number of amides is 2. The molecule has 2 aromatic carbocycles. The Kier molecular flexibility index (Phi) is 8.19. The van der Waals surface area contributed by atoms with E-state index in [9.17, 15) is 9.59 Å². The fourth-order valence-electron chi connectivity index (χ4n) is 2.54. The summed E-state index contributed by atoms with van der Waals surface area (Å²) >= 11 is 0. The number of carbonyl (C=O) groups excluding carboxylic acids is 2. The molecule has 0 radical (unpaired) electrons. The fraction of sp³-hybridized carbons (Fsp3) is 0.333. The molecule has 2 N–H and O–H groups in total. The first-order valence-electron chi connectivity index (χ1n) is 8.97. The van der Waals surface area contributed by atoms with Gasteiger partial charge < -0.3 is 15.4 Å². The average Bonchev–Trinajstić information content (AvgIpc) is 2.67. The summed E-state index contributed by atoms with van der Waals surface area (Å²) in [6, 6.07) is 17.5. The molecule has 0 aliphatic heterocycles. The molecule has 0 saturated carbocycles. The first-order chi connectivity index (χ1) is 12.7. The first-order valence-corrected chi connectivity index (χ1v) is 8.97. The van der Waals surface area contributed by atoms with Crippen LogP contribution in [-0.2, 0) is 22.6 Å². The van der Waals surface area contributed by atoms with E-state index in [2.05, 4.69) is 10.6 Å². The monoisotopic (exact) mass is 354 g/mol. The lowest BCUT2D eigenvalue weighted by atomic mass is 10.1. The van der Waals surface area contributed by atoms with Gasteiger partial charge in [-0.3, -0.25) is 9.59 Å². The maximum atomic E-state index is 12.0. The maximum Gasteiger partial charge on any atom is 0.222 e. The Balaban J connectivity index is 1.63. The minimum absolute atomic E-state index is 0.0628. The topological polar surface area (TPSA) is 67.4 Å². The number of hydrogen-bond acceptors (Lipinski definition) is 3. The average molecular weight is 354 g/mol. The number of rotatable bonds is 10. The number of aryl methyl sites for hydroxylation is 1. The molecule has 0 aromatic heterocycles. The standard InChI is InChI=1S/C21H26N2O3/c1-2-26-19-11-7-6-10-18(19)12-13-20(24)22-15-14-21(25)23-16-17-8-4-3-5-9-17/h3-11H,2,12-16H2,1H3,(H,22,24)(H,23,25). The van der Waals surface area contributed by atoms with Crippen molar-refractivity contribution in [3.8, 4) is 5.75 Å². The van der Waals surface area contributed by atoms with Crippen LogP contribution in [0.3, 0.4) is 0 Å². The van der Waals surface area contributed by atoms with Gasteiger partial charge in [0.05, 0.1) is 6.61 Å². The van der Waals surface area contributed by atoms with Crippen LogP contribution in [0.1, 0.15) is 30.9 Å². The Morgan fingerprint density at radius 1 is 0.885 bits per heavy atom. The van der Waals surface area contributed by atoms with Crippen LogP contribution in [0.25, 0.3) is 0 Å². The minimum Gasteiger partial charge on any atom is -0.494 e. The second kappa shape index (κ2) is 10.9. The van der Waals surface area contributed by atoms with E-state index in [0.29, 0.717) is 32.5 Å². The molecule has 0 bridgehead atoms. The number of hydrogen-bond donors (Lipinski definition) is 2. The second-order valence-corrected chi connectivity index (χ2v) is 5.90. The summed E-state index contributed by atoms with van der Waals surface area (Å²) in [5.41, 5.74) is 2.07. The molecule has 0 aliphatic rings. The Morgan fingerprint density at radius 3 is 2.35 bits per heavy atom. The van der Waals surface area contributed by atoms with E-state index in [0.717, 1.165) is 16.9 Å². The molecule has 2 amide bonds. The summed E-state index contributed by atoms with van der Waals surface area (Å²) in [5, 5.41) is 5.64. The molecule has 5 nitrogen and oxygen atoms in total. The van der Waals surface area contributed by atoms with Crippen molar-refractivity contribution in [2.45, 2.75) is 32.7 Å². The van der Waals surface area contributed by atoms with Crippen LogP contribution in [0.4, 0.5) is 0 Å². The highest BCUT2D eigenvalue weighted by molar-refractivity contribution is 5.79. The third-order valence-electron chi connectivity index (χ3n) is 3.90. The van der Waals surface area contributed by atoms with Crippen LogP contribution in [0.15, 0.2) is 54.6 Å². The summed E-state index contributed by atoms with van der Waals surface area (Å²) in [4.78, 5) is 23.8. The molecule has 2 aromatic rings. The zero-order valence-corrected chi connectivity index (χ0v) is 15.2. The summed E-state index contributed by atoms with van der Waals surface area (Å²) < 4.78 is 5.56. The smallest absolute Gasteiger partial charge is 0.222 e. The highest BCUT2D eigenvalue weighted by atomic mass is 16.5. The zero-order chi connectivity index (χ0) is 18.6. The van der Waals surface area contributed by atoms with Gasteiger partial charge in [0.25, 0.3) is 0 Å². The molecule has 0 aliphatic carbocycles. The van der Waals surface area contributed by atoms with Gasteiger partial charge in [-0.15, -0.1) is 0 Å². The van der Waals surface area contributed by atoms with Gasteiger partial charge in [0, 0.05) is 25.9 Å². The lowest BCUT2D eigenvalue weighted by Gasteiger charge is -2.10. The third-order valence-corrected chi connectivity index (χ3v) is 3.90.